The molecule has 7 aromatic rings. The first-order chi connectivity index (χ1) is 40.5. The zero-order valence-corrected chi connectivity index (χ0v) is 44.8. The number of aliphatic carboxylic acids is 1. The highest BCUT2D eigenvalue weighted by atomic mass is 35.5. The van der Waals surface area contributed by atoms with E-state index >= 15 is 14.4 Å². The summed E-state index contributed by atoms with van der Waals surface area (Å²) in [6.07, 6.45) is -2.47. The highest BCUT2D eigenvalue weighted by Gasteiger charge is 2.41. The van der Waals surface area contributed by atoms with Gasteiger partial charge in [-0.15, -0.1) is 0 Å². The number of aliphatic hydroxyl groups excluding tert-OH is 1. The molecule has 0 spiro atoms. The van der Waals surface area contributed by atoms with E-state index in [0.29, 0.717) is 5.56 Å². The molecular weight excluding hydrogens is 1150 g/mol. The van der Waals surface area contributed by atoms with E-state index in [-0.39, 0.29) is 67.3 Å². The molecule has 7 aromatic carbocycles. The summed E-state index contributed by atoms with van der Waals surface area (Å²) in [7, 11) is 0. The Kier molecular flexibility index (Phi) is 14.6. The van der Waals surface area contributed by atoms with Gasteiger partial charge in [0.05, 0.1) is 10.0 Å². The molecule has 0 saturated heterocycles. The van der Waals surface area contributed by atoms with Crippen LogP contribution in [0.3, 0.4) is 0 Å². The maximum absolute atomic E-state index is 15.7. The van der Waals surface area contributed by atoms with E-state index in [4.69, 9.17) is 43.1 Å². The molecule has 25 nitrogen and oxygen atoms in total. The number of ether oxygens (including phenoxy) is 3. The topological polar surface area (TPSA) is 407 Å². The summed E-state index contributed by atoms with van der Waals surface area (Å²) in [5, 5.41) is 105. The second-order valence-electron chi connectivity index (χ2n) is 20.1. The molecule has 0 saturated carbocycles. The van der Waals surface area contributed by atoms with E-state index in [1.165, 1.54) is 54.6 Å². The second kappa shape index (κ2) is 22.0. The van der Waals surface area contributed by atoms with Gasteiger partial charge < -0.3 is 92.7 Å². The fraction of sp³-hybridized carbons (Fsp3) is 0.155. The third-order valence-corrected chi connectivity index (χ3v) is 15.0. The Morgan fingerprint density at radius 3 is 1.74 bits per heavy atom. The van der Waals surface area contributed by atoms with E-state index in [9.17, 15) is 60.0 Å². The lowest BCUT2D eigenvalue weighted by Crippen LogP contribution is -2.55. The number of hydrogen-bond donors (Lipinski definition) is 15. The quantitative estimate of drug-likeness (QED) is 0.103. The summed E-state index contributed by atoms with van der Waals surface area (Å²) in [4.78, 5) is 103. The van der Waals surface area contributed by atoms with Gasteiger partial charge in [0.15, 0.2) is 29.0 Å². The molecule has 0 aromatic heterocycles. The van der Waals surface area contributed by atoms with Crippen molar-refractivity contribution in [2.24, 2.45) is 5.73 Å². The van der Waals surface area contributed by atoms with Crippen LogP contribution in [0, 0.1) is 0 Å². The smallest absolute Gasteiger partial charge is 0.330 e. The van der Waals surface area contributed by atoms with Gasteiger partial charge in [-0.2, -0.15) is 0 Å². The fourth-order valence-corrected chi connectivity index (χ4v) is 10.7. The van der Waals surface area contributed by atoms with Crippen LogP contribution in [0.25, 0.3) is 11.1 Å². The van der Waals surface area contributed by atoms with Crippen LogP contribution in [0.1, 0.15) is 75.3 Å². The summed E-state index contributed by atoms with van der Waals surface area (Å²) in [6, 6.07) is 8.15. The van der Waals surface area contributed by atoms with Gasteiger partial charge in [-0.1, -0.05) is 47.5 Å². The number of aromatic hydroxyl groups is 6. The number of nitrogens with two attached hydrogens (primary N) is 1. The van der Waals surface area contributed by atoms with E-state index in [1.807, 2.05) is 0 Å². The molecule has 0 radical (unpaired) electrons. The average Bonchev–Trinajstić information content (AvgIpc) is 3.65. The van der Waals surface area contributed by atoms with Crippen molar-refractivity contribution < 1.29 is 88.6 Å². The summed E-state index contributed by atoms with van der Waals surface area (Å²) in [6.45, 7) is 0. The normalized spacial score (nSPS) is 22.0. The Morgan fingerprint density at radius 2 is 1.07 bits per heavy atom. The number of carboxylic acids is 1. The number of carbonyl (C=O) groups is 7. The fourth-order valence-electron chi connectivity index (χ4n) is 10.2. The molecule has 434 valence electrons. The Hall–Kier alpha value is -10.5. The summed E-state index contributed by atoms with van der Waals surface area (Å²) >= 11 is 13.7. The van der Waals surface area contributed by atoms with Crippen molar-refractivity contribution in [2.45, 2.75) is 54.8 Å². The molecule has 8 atom stereocenters. The molecule has 13 rings (SSSR count). The minimum atomic E-state index is -2.19. The van der Waals surface area contributed by atoms with Crippen LogP contribution < -0.4 is 51.8 Å². The van der Waals surface area contributed by atoms with Crippen LogP contribution >= 0.6 is 23.2 Å². The first-order valence-electron chi connectivity index (χ1n) is 25.5. The number of carboxylic acid groups (broad SMARTS) is 1. The highest BCUT2D eigenvalue weighted by Crippen LogP contribution is 2.48. The van der Waals surface area contributed by atoms with Crippen molar-refractivity contribution in [2.75, 3.05) is 0 Å². The number of hydrogen-bond acceptors (Lipinski definition) is 18. The maximum Gasteiger partial charge on any atom is 0.330 e. The SMILES string of the molecule is N[C@@H]1C(=O)N[C@@H]2Cc3ccc(c(Cl)c3)Oc3cc4cc(c3O)Oc3ccc(cc3Cl)[C@@H](O)[C@@H]3NC(=O)C(NC(=O)[C@@H]4NC(=O)[C@@H](NC2=O)c2cc(O)cc(c2)Oc2cc1ccc2O)c1ccc(O)c(c1)-c1c(O)cc(O)cc1[C@H](C(=O)O)NC3=O. The zero-order valence-electron chi connectivity index (χ0n) is 43.3. The number of nitrogens with one attached hydrogen (secondary N) is 6. The molecule has 16 N–H and O–H groups in total. The minimum absolute atomic E-state index is 0.119. The number of carbonyl (C=O) groups excluding carboxylic acids is 6. The molecule has 6 aliphatic heterocycles. The lowest BCUT2D eigenvalue weighted by Gasteiger charge is -2.31. The van der Waals surface area contributed by atoms with Crippen LogP contribution in [0.5, 0.6) is 69.0 Å². The summed E-state index contributed by atoms with van der Waals surface area (Å²) in [5.41, 5.74) is 4.41. The molecule has 1 unspecified atom stereocenters. The predicted octanol–water partition coefficient (Wildman–Crippen LogP) is 4.98. The van der Waals surface area contributed by atoms with Gasteiger partial charge in [-0.3, -0.25) is 28.8 Å². The van der Waals surface area contributed by atoms with Crippen molar-refractivity contribution in [3.05, 3.63) is 164 Å². The first-order valence-corrected chi connectivity index (χ1v) is 26.3. The Bertz CT molecular complexity index is 4030. The zero-order chi connectivity index (χ0) is 60.4. The number of aliphatic hydroxyl groups is 1. The van der Waals surface area contributed by atoms with Crippen molar-refractivity contribution in [3.8, 4) is 80.1 Å². The number of fused-ring (bicyclic) bond motifs is 14. The molecule has 6 amide bonds. The molecule has 6 aliphatic rings. The highest BCUT2D eigenvalue weighted by molar-refractivity contribution is 6.32. The molecule has 85 heavy (non-hydrogen) atoms. The van der Waals surface area contributed by atoms with Gasteiger partial charge in [-0.25, -0.2) is 4.79 Å². The van der Waals surface area contributed by atoms with Crippen LogP contribution in [-0.2, 0) is 40.0 Å². The number of halogens is 2. The van der Waals surface area contributed by atoms with Crippen molar-refractivity contribution in [1.29, 1.82) is 0 Å². The third kappa shape index (κ3) is 10.9. The number of rotatable bonds is 1. The maximum atomic E-state index is 15.7. The number of benzene rings is 7. The largest absolute Gasteiger partial charge is 0.508 e. The molecule has 0 fully saturated rings. The standard InChI is InChI=1S/C58H45Cl2N7O18/c59-32-9-21-1-7-38(32)84-41-16-26-17-42(51(41)74)85-39-8-4-24(14-33(39)60)50(73)49-57(80)66-48(58(81)82)31-19-28(69)20-37(72)43(31)30-13-23(3-5-35(30)70)45(54(77)67-49)64-56(79)47(26)65-55(78)46-25-11-27(68)18-29(12-25)83-40-15-22(2-6-36(40)71)44(61)53(76)62-34(10-21)52(75)63-46/h1-9,11-20,34,44-50,68-74H,10,61H2,(H,62,76)(H,63,75)(H,64,79)(H,65,78)(H,66,80)(H,67,77)(H,81,82)/t34-,44+,45?,46+,47-,48-,49+,50-/m1/s1. The van der Waals surface area contributed by atoms with E-state index in [0.717, 1.165) is 60.7 Å². The molecule has 27 heteroatoms. The molecule has 17 bridgehead atoms. The van der Waals surface area contributed by atoms with E-state index in [2.05, 4.69) is 31.9 Å². The van der Waals surface area contributed by atoms with Gasteiger partial charge in [0.1, 0.15) is 82.6 Å². The lowest BCUT2D eigenvalue weighted by molar-refractivity contribution is -0.143. The van der Waals surface area contributed by atoms with Crippen LogP contribution in [-0.4, -0.2) is 94.3 Å². The molecule has 0 aliphatic carbocycles. The van der Waals surface area contributed by atoms with Crippen LogP contribution in [0.2, 0.25) is 10.0 Å². The number of phenols is 6. The number of phenolic OH excluding ortho intramolecular Hbond substituents is 6. The summed E-state index contributed by atoms with van der Waals surface area (Å²) in [5.74, 6) is -14.9. The third-order valence-electron chi connectivity index (χ3n) is 14.4. The Labute approximate surface area is 488 Å². The average molecular weight is 1200 g/mol. The predicted molar refractivity (Wildman–Crippen MR) is 295 cm³/mol. The van der Waals surface area contributed by atoms with E-state index in [1.54, 1.807) is 0 Å². The first kappa shape index (κ1) is 56.4. The van der Waals surface area contributed by atoms with Gasteiger partial charge in [0.25, 0.3) is 0 Å². The van der Waals surface area contributed by atoms with Gasteiger partial charge in [0, 0.05) is 35.2 Å². The van der Waals surface area contributed by atoms with Crippen molar-refractivity contribution >= 4 is 64.6 Å². The van der Waals surface area contributed by atoms with Gasteiger partial charge in [0.2, 0.25) is 41.2 Å². The molecule has 6 heterocycles. The summed E-state index contributed by atoms with van der Waals surface area (Å²) < 4.78 is 18.4. The molecular formula is C58H45Cl2N7O18. The monoisotopic (exact) mass is 1200 g/mol. The number of amides is 6. The van der Waals surface area contributed by atoms with Crippen LogP contribution in [0.4, 0.5) is 0 Å². The van der Waals surface area contributed by atoms with Crippen molar-refractivity contribution in [1.82, 2.24) is 31.9 Å². The Balaban J connectivity index is 1.14. The minimum Gasteiger partial charge on any atom is -0.508 e. The van der Waals surface area contributed by atoms with Crippen molar-refractivity contribution in [3.63, 3.8) is 0 Å². The van der Waals surface area contributed by atoms with Crippen LogP contribution in [0.15, 0.2) is 115 Å². The van der Waals surface area contributed by atoms with Gasteiger partial charge >= 0.3 is 5.97 Å². The van der Waals surface area contributed by atoms with E-state index < -0.39 is 152 Å². The second-order valence-corrected chi connectivity index (χ2v) is 20.9. The van der Waals surface area contributed by atoms with Gasteiger partial charge in [-0.05, 0) is 112 Å². The Morgan fingerprint density at radius 1 is 0.494 bits per heavy atom. The lowest BCUT2D eigenvalue weighted by atomic mass is 9.89.